The Hall–Kier alpha value is -0.730. The summed E-state index contributed by atoms with van der Waals surface area (Å²) in [6.45, 7) is 0.872. The molecule has 1 saturated heterocycles. The van der Waals surface area contributed by atoms with Gasteiger partial charge in [0.15, 0.2) is 0 Å². The fourth-order valence-electron chi connectivity index (χ4n) is 2.31. The first-order valence-electron chi connectivity index (χ1n) is 5.96. The van der Waals surface area contributed by atoms with Crippen molar-refractivity contribution >= 4 is 15.9 Å². The van der Waals surface area contributed by atoms with Crippen molar-refractivity contribution in [2.75, 3.05) is 26.2 Å². The third-order valence-electron chi connectivity index (χ3n) is 3.14. The number of piperazine rings is 1. The van der Waals surface area contributed by atoms with Crippen LogP contribution in [-0.4, -0.2) is 37.3 Å². The van der Waals surface area contributed by atoms with Crippen LogP contribution in [0, 0.1) is 11.6 Å². The topological polar surface area (TPSA) is 15.3 Å². The van der Waals surface area contributed by atoms with Gasteiger partial charge in [-0.05, 0) is 12.1 Å². The van der Waals surface area contributed by atoms with Crippen molar-refractivity contribution in [3.8, 4) is 0 Å². The molecule has 0 aromatic heterocycles. The molecule has 1 fully saturated rings. The third kappa shape index (κ3) is 3.29. The van der Waals surface area contributed by atoms with Crippen LogP contribution >= 0.6 is 15.9 Å². The normalized spacial score (nSPS) is 19.1. The van der Waals surface area contributed by atoms with Crippen LogP contribution in [0.25, 0.3) is 0 Å². The summed E-state index contributed by atoms with van der Waals surface area (Å²) in [5, 5.41) is 2.91. The van der Waals surface area contributed by atoms with E-state index in [-0.39, 0.29) is 17.6 Å². The number of nitrogens with one attached hydrogen (secondary N) is 1. The Morgan fingerprint density at radius 1 is 1.10 bits per heavy atom. The highest BCUT2D eigenvalue weighted by atomic mass is 79.9. The van der Waals surface area contributed by atoms with Crippen LogP contribution in [0.5, 0.6) is 0 Å². The second-order valence-corrected chi connectivity index (χ2v) is 5.43. The van der Waals surface area contributed by atoms with Crippen molar-refractivity contribution in [2.45, 2.75) is 12.2 Å². The predicted octanol–water partition coefficient (Wildman–Crippen LogP) is 3.24. The van der Waals surface area contributed by atoms with Gasteiger partial charge in [-0.2, -0.15) is 13.2 Å². The molecule has 0 amide bonds. The molecule has 0 saturated carbocycles. The van der Waals surface area contributed by atoms with Gasteiger partial charge in [0.25, 0.3) is 0 Å². The molecule has 0 bridgehead atoms. The fraction of sp³-hybridized carbons (Fsp3) is 0.500. The molecule has 1 N–H and O–H groups in total. The first-order chi connectivity index (χ1) is 9.30. The van der Waals surface area contributed by atoms with Gasteiger partial charge in [0.2, 0.25) is 0 Å². The summed E-state index contributed by atoms with van der Waals surface area (Å²) in [7, 11) is 0. The molecule has 0 spiro atoms. The summed E-state index contributed by atoms with van der Waals surface area (Å²) < 4.78 is 67.5. The lowest BCUT2D eigenvalue weighted by Crippen LogP contribution is -2.49. The number of halogens is 6. The molecule has 0 radical (unpaired) electrons. The summed E-state index contributed by atoms with van der Waals surface area (Å²) in [5.41, 5.74) is -0.942. The van der Waals surface area contributed by atoms with Gasteiger partial charge in [0.05, 0.1) is 0 Å². The van der Waals surface area contributed by atoms with E-state index in [2.05, 4.69) is 21.2 Å². The Bertz CT molecular complexity index is 462. The summed E-state index contributed by atoms with van der Waals surface area (Å²) in [6.07, 6.45) is -4.74. The molecule has 2 nitrogen and oxygen atoms in total. The van der Waals surface area contributed by atoms with Crippen molar-refractivity contribution in [1.82, 2.24) is 10.2 Å². The van der Waals surface area contributed by atoms with E-state index in [1.165, 1.54) is 0 Å². The zero-order valence-electron chi connectivity index (χ0n) is 10.3. The monoisotopic (exact) mass is 358 g/mol. The summed E-state index contributed by atoms with van der Waals surface area (Å²) in [4.78, 5) is 1.05. The fourth-order valence-corrected chi connectivity index (χ4v) is 2.71. The van der Waals surface area contributed by atoms with Crippen molar-refractivity contribution in [3.63, 3.8) is 0 Å². The first kappa shape index (κ1) is 15.7. The average molecular weight is 359 g/mol. The van der Waals surface area contributed by atoms with Gasteiger partial charge >= 0.3 is 6.18 Å². The van der Waals surface area contributed by atoms with Gasteiger partial charge in [0, 0.05) is 36.2 Å². The zero-order valence-corrected chi connectivity index (χ0v) is 11.9. The Morgan fingerprint density at radius 2 is 1.60 bits per heavy atom. The smallest absolute Gasteiger partial charge is 0.314 e. The third-order valence-corrected chi connectivity index (χ3v) is 3.60. The molecule has 1 aliphatic heterocycles. The number of hydrogen-bond donors (Lipinski definition) is 1. The standard InChI is InChI=1S/C12H12BrF5N2/c13-7-5-8(14)10(9(15)6-7)11(12(16,17)18)20-3-1-19-2-4-20/h5-6,11,19H,1-4H2/t11-/m0/s1. The molecule has 1 aliphatic rings. The Balaban J connectivity index is 2.46. The molecule has 0 aliphatic carbocycles. The van der Waals surface area contributed by atoms with Gasteiger partial charge in [-0.3, -0.25) is 4.90 Å². The predicted molar refractivity (Wildman–Crippen MR) is 67.3 cm³/mol. The van der Waals surface area contributed by atoms with E-state index in [0.29, 0.717) is 13.1 Å². The van der Waals surface area contributed by atoms with E-state index in [9.17, 15) is 22.0 Å². The number of nitrogens with zero attached hydrogens (tertiary/aromatic N) is 1. The number of rotatable bonds is 2. The number of benzene rings is 1. The van der Waals surface area contributed by atoms with E-state index in [0.717, 1.165) is 17.0 Å². The number of alkyl halides is 3. The highest BCUT2D eigenvalue weighted by Gasteiger charge is 2.47. The van der Waals surface area contributed by atoms with Crippen LogP contribution in [-0.2, 0) is 0 Å². The molecule has 2 rings (SSSR count). The lowest BCUT2D eigenvalue weighted by atomic mass is 10.0. The molecule has 112 valence electrons. The molecular formula is C12H12BrF5N2. The Morgan fingerprint density at radius 3 is 2.05 bits per heavy atom. The van der Waals surface area contributed by atoms with Gasteiger partial charge < -0.3 is 5.32 Å². The Labute approximate surface area is 121 Å². The molecule has 20 heavy (non-hydrogen) atoms. The van der Waals surface area contributed by atoms with Crippen molar-refractivity contribution in [1.29, 1.82) is 0 Å². The summed E-state index contributed by atoms with van der Waals surface area (Å²) in [5.74, 6) is -2.39. The molecule has 1 aromatic carbocycles. The van der Waals surface area contributed by atoms with Crippen LogP contribution in [0.4, 0.5) is 22.0 Å². The molecule has 1 atom stereocenters. The largest absolute Gasteiger partial charge is 0.408 e. The maximum atomic E-state index is 13.8. The SMILES string of the molecule is Fc1cc(Br)cc(F)c1[C@H](N1CCNCC1)C(F)(F)F. The van der Waals surface area contributed by atoms with Crippen LogP contribution < -0.4 is 5.32 Å². The minimum absolute atomic E-state index is 0.0671. The van der Waals surface area contributed by atoms with Crippen molar-refractivity contribution in [3.05, 3.63) is 33.8 Å². The molecule has 0 unspecified atom stereocenters. The van der Waals surface area contributed by atoms with Crippen LogP contribution in [0.2, 0.25) is 0 Å². The molecule has 8 heteroatoms. The van der Waals surface area contributed by atoms with Gasteiger partial charge in [-0.25, -0.2) is 8.78 Å². The summed E-state index contributed by atoms with van der Waals surface area (Å²) >= 11 is 2.86. The van der Waals surface area contributed by atoms with Crippen LogP contribution in [0.15, 0.2) is 16.6 Å². The number of hydrogen-bond acceptors (Lipinski definition) is 2. The van der Waals surface area contributed by atoms with Crippen molar-refractivity contribution < 1.29 is 22.0 Å². The molecule has 1 aromatic rings. The van der Waals surface area contributed by atoms with E-state index in [4.69, 9.17) is 0 Å². The van der Waals surface area contributed by atoms with E-state index in [1.54, 1.807) is 0 Å². The van der Waals surface area contributed by atoms with E-state index in [1.807, 2.05) is 0 Å². The lowest BCUT2D eigenvalue weighted by molar-refractivity contribution is -0.189. The Kier molecular flexibility index (Phi) is 4.66. The maximum absolute atomic E-state index is 13.8. The first-order valence-corrected chi connectivity index (χ1v) is 6.76. The van der Waals surface area contributed by atoms with Gasteiger partial charge in [-0.15, -0.1) is 0 Å². The minimum Gasteiger partial charge on any atom is -0.314 e. The molecular weight excluding hydrogens is 347 g/mol. The van der Waals surface area contributed by atoms with E-state index >= 15 is 0 Å². The lowest BCUT2D eigenvalue weighted by Gasteiger charge is -2.36. The van der Waals surface area contributed by atoms with E-state index < -0.39 is 29.4 Å². The van der Waals surface area contributed by atoms with Gasteiger partial charge in [0.1, 0.15) is 17.7 Å². The van der Waals surface area contributed by atoms with Crippen LogP contribution in [0.3, 0.4) is 0 Å². The zero-order chi connectivity index (χ0) is 14.9. The second kappa shape index (κ2) is 5.95. The second-order valence-electron chi connectivity index (χ2n) is 4.51. The maximum Gasteiger partial charge on any atom is 0.408 e. The quantitative estimate of drug-likeness (QED) is 0.816. The minimum atomic E-state index is -4.74. The molecule has 1 heterocycles. The average Bonchev–Trinajstić information content (AvgIpc) is 2.33. The van der Waals surface area contributed by atoms with Gasteiger partial charge in [-0.1, -0.05) is 15.9 Å². The summed E-state index contributed by atoms with van der Waals surface area (Å²) in [6, 6.07) is -0.573. The highest BCUT2D eigenvalue weighted by molar-refractivity contribution is 9.10. The van der Waals surface area contributed by atoms with Crippen molar-refractivity contribution in [2.24, 2.45) is 0 Å². The highest BCUT2D eigenvalue weighted by Crippen LogP contribution is 2.40. The van der Waals surface area contributed by atoms with Crippen LogP contribution in [0.1, 0.15) is 11.6 Å².